The average Bonchev–Trinajstić information content (AvgIpc) is 2.50. The number of hydrazine groups is 1. The average molecular weight is 249 g/mol. The highest BCUT2D eigenvalue weighted by Gasteiger charge is 2.06. The molecule has 19 heavy (non-hydrogen) atoms. The van der Waals surface area contributed by atoms with Gasteiger partial charge in [-0.2, -0.15) is 0 Å². The molecule has 3 rings (SSSR count). The van der Waals surface area contributed by atoms with E-state index in [1.54, 1.807) is 0 Å². The van der Waals surface area contributed by atoms with E-state index < -0.39 is 0 Å². The Hall–Kier alpha value is -2.55. The van der Waals surface area contributed by atoms with Crippen molar-refractivity contribution in [2.24, 2.45) is 0 Å². The molecule has 1 aromatic heterocycles. The van der Waals surface area contributed by atoms with E-state index in [2.05, 4.69) is 40.1 Å². The quantitative estimate of drug-likeness (QED) is 0.878. The number of rotatable bonds is 3. The smallest absolute Gasteiger partial charge is 0.0612 e. The summed E-state index contributed by atoms with van der Waals surface area (Å²) < 4.78 is 0. The molecule has 2 N–H and O–H groups in total. The molecule has 1 aliphatic rings. The predicted molar refractivity (Wildman–Crippen MR) is 76.7 cm³/mol. The summed E-state index contributed by atoms with van der Waals surface area (Å²) in [6.07, 6.45) is 8.71. The molecule has 1 aliphatic heterocycles. The second kappa shape index (κ2) is 5.40. The lowest BCUT2D eigenvalue weighted by Gasteiger charge is -2.19. The summed E-state index contributed by atoms with van der Waals surface area (Å²) in [6.45, 7) is 0. The Morgan fingerprint density at radius 1 is 0.842 bits per heavy atom. The first-order chi connectivity index (χ1) is 9.42. The molecule has 94 valence electrons. The summed E-state index contributed by atoms with van der Waals surface area (Å²) in [5.41, 5.74) is 11.1. The molecule has 0 bridgehead atoms. The Balaban J connectivity index is 1.74. The van der Waals surface area contributed by atoms with Gasteiger partial charge in [0.1, 0.15) is 0 Å². The minimum Gasteiger partial charge on any atom is -0.305 e. The van der Waals surface area contributed by atoms with E-state index in [0.717, 1.165) is 17.8 Å². The molecule has 3 heteroatoms. The molecule has 3 nitrogen and oxygen atoms in total. The molecule has 0 radical (unpaired) electrons. The molecule has 0 amide bonds. The zero-order valence-corrected chi connectivity index (χ0v) is 10.5. The van der Waals surface area contributed by atoms with Crippen molar-refractivity contribution >= 4 is 5.70 Å². The van der Waals surface area contributed by atoms with Crippen LogP contribution in [-0.4, -0.2) is 4.98 Å². The standard InChI is InChI=1S/C16H15N3/c1-2-4-14(5-3-1)16-7-6-15(18-19-16)12-13-8-10-17-11-9-13/h1-11,18-19H,12H2. The van der Waals surface area contributed by atoms with E-state index in [9.17, 15) is 0 Å². The fourth-order valence-electron chi connectivity index (χ4n) is 2.02. The van der Waals surface area contributed by atoms with E-state index in [1.807, 2.05) is 42.7 Å². The van der Waals surface area contributed by atoms with Crippen molar-refractivity contribution in [3.8, 4) is 0 Å². The molecule has 0 fully saturated rings. The number of pyridine rings is 1. The van der Waals surface area contributed by atoms with Crippen LogP contribution in [0.5, 0.6) is 0 Å². The third kappa shape index (κ3) is 2.83. The number of benzene rings is 1. The first kappa shape index (κ1) is 11.5. The van der Waals surface area contributed by atoms with Gasteiger partial charge < -0.3 is 10.9 Å². The van der Waals surface area contributed by atoms with Crippen LogP contribution in [0.2, 0.25) is 0 Å². The number of hydrogen-bond acceptors (Lipinski definition) is 3. The lowest BCUT2D eigenvalue weighted by atomic mass is 10.1. The topological polar surface area (TPSA) is 37.0 Å². The highest BCUT2D eigenvalue weighted by molar-refractivity contribution is 5.66. The van der Waals surface area contributed by atoms with E-state index in [1.165, 1.54) is 11.1 Å². The largest absolute Gasteiger partial charge is 0.305 e. The first-order valence-corrected chi connectivity index (χ1v) is 6.29. The fraction of sp³-hybridized carbons (Fsp3) is 0.0625. The van der Waals surface area contributed by atoms with Gasteiger partial charge in [0.05, 0.1) is 5.70 Å². The van der Waals surface area contributed by atoms with Crippen LogP contribution in [0, 0.1) is 0 Å². The minimum absolute atomic E-state index is 0.869. The molecular weight excluding hydrogens is 234 g/mol. The van der Waals surface area contributed by atoms with Gasteiger partial charge in [-0.05, 0) is 35.4 Å². The number of nitrogens with one attached hydrogen (secondary N) is 2. The molecule has 1 aromatic carbocycles. The van der Waals surface area contributed by atoms with Crippen LogP contribution in [0.25, 0.3) is 5.70 Å². The van der Waals surface area contributed by atoms with Crippen LogP contribution in [0.4, 0.5) is 0 Å². The lowest BCUT2D eigenvalue weighted by molar-refractivity contribution is 0.713. The number of aromatic nitrogens is 1. The fourth-order valence-corrected chi connectivity index (χ4v) is 2.02. The van der Waals surface area contributed by atoms with Crippen molar-refractivity contribution in [1.82, 2.24) is 15.8 Å². The van der Waals surface area contributed by atoms with Gasteiger partial charge in [-0.1, -0.05) is 30.3 Å². The highest BCUT2D eigenvalue weighted by Crippen LogP contribution is 2.15. The van der Waals surface area contributed by atoms with Gasteiger partial charge in [0.15, 0.2) is 0 Å². The predicted octanol–water partition coefficient (Wildman–Crippen LogP) is 2.66. The van der Waals surface area contributed by atoms with Crippen LogP contribution < -0.4 is 10.9 Å². The van der Waals surface area contributed by atoms with Crippen molar-refractivity contribution in [3.63, 3.8) is 0 Å². The molecule has 0 saturated heterocycles. The number of allylic oxidation sites excluding steroid dienone is 3. The van der Waals surface area contributed by atoms with Crippen molar-refractivity contribution in [3.05, 3.63) is 83.8 Å². The van der Waals surface area contributed by atoms with E-state index >= 15 is 0 Å². The maximum atomic E-state index is 4.02. The Morgan fingerprint density at radius 2 is 1.63 bits per heavy atom. The second-order valence-corrected chi connectivity index (χ2v) is 4.42. The normalized spacial score (nSPS) is 13.9. The Labute approximate surface area is 112 Å². The summed E-state index contributed by atoms with van der Waals surface area (Å²) in [6, 6.07) is 14.3. The maximum absolute atomic E-state index is 4.02. The summed E-state index contributed by atoms with van der Waals surface area (Å²) in [5.74, 6) is 0. The van der Waals surface area contributed by atoms with E-state index in [-0.39, 0.29) is 0 Å². The van der Waals surface area contributed by atoms with Gasteiger partial charge in [-0.15, -0.1) is 0 Å². The van der Waals surface area contributed by atoms with Gasteiger partial charge in [0.2, 0.25) is 0 Å². The Kier molecular flexibility index (Phi) is 3.28. The third-order valence-corrected chi connectivity index (χ3v) is 3.04. The summed E-state index contributed by atoms with van der Waals surface area (Å²) in [4.78, 5) is 4.02. The monoisotopic (exact) mass is 249 g/mol. The lowest BCUT2D eigenvalue weighted by Crippen LogP contribution is -2.32. The minimum atomic E-state index is 0.869. The van der Waals surface area contributed by atoms with Gasteiger partial charge in [0.25, 0.3) is 0 Å². The molecule has 0 saturated carbocycles. The van der Waals surface area contributed by atoms with Crippen LogP contribution in [0.3, 0.4) is 0 Å². The zero-order chi connectivity index (χ0) is 12.9. The zero-order valence-electron chi connectivity index (χ0n) is 10.5. The van der Waals surface area contributed by atoms with E-state index in [0.29, 0.717) is 0 Å². The molecule has 0 aliphatic carbocycles. The molecule has 2 aromatic rings. The van der Waals surface area contributed by atoms with Gasteiger partial charge in [0, 0.05) is 24.5 Å². The van der Waals surface area contributed by atoms with Gasteiger partial charge in [-0.25, -0.2) is 0 Å². The first-order valence-electron chi connectivity index (χ1n) is 6.29. The van der Waals surface area contributed by atoms with Gasteiger partial charge in [-0.3, -0.25) is 4.98 Å². The molecular formula is C16H15N3. The van der Waals surface area contributed by atoms with Crippen LogP contribution in [0.1, 0.15) is 11.1 Å². The van der Waals surface area contributed by atoms with Crippen LogP contribution in [0.15, 0.2) is 72.7 Å². The molecule has 0 spiro atoms. The molecule has 0 atom stereocenters. The summed E-state index contributed by atoms with van der Waals surface area (Å²) >= 11 is 0. The number of hydrogen-bond donors (Lipinski definition) is 2. The van der Waals surface area contributed by atoms with Crippen molar-refractivity contribution < 1.29 is 0 Å². The summed E-state index contributed by atoms with van der Waals surface area (Å²) in [7, 11) is 0. The second-order valence-electron chi connectivity index (χ2n) is 4.42. The van der Waals surface area contributed by atoms with Crippen molar-refractivity contribution in [1.29, 1.82) is 0 Å². The van der Waals surface area contributed by atoms with Crippen molar-refractivity contribution in [2.45, 2.75) is 6.42 Å². The summed E-state index contributed by atoms with van der Waals surface area (Å²) in [5, 5.41) is 0. The third-order valence-electron chi connectivity index (χ3n) is 3.04. The molecule has 2 heterocycles. The SMILES string of the molecule is C1=C(Cc2ccncc2)NNC(c2ccccc2)=C1. The van der Waals surface area contributed by atoms with Crippen LogP contribution in [-0.2, 0) is 6.42 Å². The Morgan fingerprint density at radius 3 is 2.32 bits per heavy atom. The highest BCUT2D eigenvalue weighted by atomic mass is 15.4. The van der Waals surface area contributed by atoms with Crippen LogP contribution >= 0.6 is 0 Å². The van der Waals surface area contributed by atoms with Gasteiger partial charge >= 0.3 is 0 Å². The number of nitrogens with zero attached hydrogens (tertiary/aromatic N) is 1. The Bertz CT molecular complexity index is 600. The van der Waals surface area contributed by atoms with E-state index in [4.69, 9.17) is 0 Å². The molecule has 0 unspecified atom stereocenters. The van der Waals surface area contributed by atoms with Crippen molar-refractivity contribution in [2.75, 3.05) is 0 Å². The maximum Gasteiger partial charge on any atom is 0.0612 e.